The highest BCUT2D eigenvalue weighted by molar-refractivity contribution is 6.30. The molecule has 3 aromatic rings. The maximum absolute atomic E-state index is 14.6. The first kappa shape index (κ1) is 24.9. The topological polar surface area (TPSA) is 84.7 Å². The monoisotopic (exact) mass is 510 g/mol. The molecule has 2 N–H and O–H groups in total. The molecule has 0 bridgehead atoms. The lowest BCUT2D eigenvalue weighted by atomic mass is 9.81. The number of carbonyl (C=O) groups is 1. The zero-order valence-electron chi connectivity index (χ0n) is 18.7. The number of urea groups is 1. The van der Waals surface area contributed by atoms with Crippen LogP contribution in [0.3, 0.4) is 0 Å². The number of amides is 2. The van der Waals surface area contributed by atoms with Crippen molar-refractivity contribution in [3.05, 3.63) is 76.3 Å². The van der Waals surface area contributed by atoms with E-state index in [2.05, 4.69) is 25.7 Å². The minimum atomic E-state index is -4.81. The van der Waals surface area contributed by atoms with Gasteiger partial charge in [-0.05, 0) is 48.7 Å². The largest absolute Gasteiger partial charge is 0.416 e. The average Bonchev–Trinajstić information content (AvgIpc) is 3.44. The molecule has 4 rings (SSSR count). The van der Waals surface area contributed by atoms with E-state index in [0.717, 1.165) is 37.8 Å². The van der Waals surface area contributed by atoms with Crippen molar-refractivity contribution in [3.8, 4) is 0 Å². The smallest absolute Gasteiger partial charge is 0.335 e. The zero-order chi connectivity index (χ0) is 25.2. The van der Waals surface area contributed by atoms with Crippen LogP contribution in [0.5, 0.6) is 0 Å². The van der Waals surface area contributed by atoms with Gasteiger partial charge in [-0.15, -0.1) is 0 Å². The van der Waals surface area contributed by atoms with Crippen LogP contribution in [0, 0.1) is 5.82 Å². The Morgan fingerprint density at radius 2 is 1.86 bits per heavy atom. The number of nitrogens with one attached hydrogen (secondary N) is 2. The quantitative estimate of drug-likeness (QED) is 0.469. The van der Waals surface area contributed by atoms with Gasteiger partial charge >= 0.3 is 12.2 Å². The van der Waals surface area contributed by atoms with Crippen molar-refractivity contribution < 1.29 is 22.4 Å². The fourth-order valence-corrected chi connectivity index (χ4v) is 4.46. The fourth-order valence-electron chi connectivity index (χ4n) is 4.35. The second kappa shape index (κ2) is 9.80. The summed E-state index contributed by atoms with van der Waals surface area (Å²) in [5.41, 5.74) is -2.91. The van der Waals surface area contributed by atoms with E-state index >= 15 is 0 Å². The summed E-state index contributed by atoms with van der Waals surface area (Å²) in [5.74, 6) is -0.773. The van der Waals surface area contributed by atoms with Gasteiger partial charge in [0.05, 0.1) is 16.3 Å². The zero-order valence-corrected chi connectivity index (χ0v) is 19.5. The molecular formula is C23H23ClF4N6O. The van der Waals surface area contributed by atoms with E-state index in [1.165, 1.54) is 29.3 Å². The minimum absolute atomic E-state index is 0.0704. The molecule has 2 aromatic heterocycles. The molecule has 0 radical (unpaired) electrons. The fraction of sp³-hybridized carbons (Fsp3) is 0.391. The molecule has 1 unspecified atom stereocenters. The summed E-state index contributed by atoms with van der Waals surface area (Å²) in [6.07, 6.45) is 1.13. The van der Waals surface area contributed by atoms with Gasteiger partial charge in [0.15, 0.2) is 0 Å². The molecule has 0 spiro atoms. The number of hydrogen-bond donors (Lipinski definition) is 2. The van der Waals surface area contributed by atoms with Crippen LogP contribution in [0.25, 0.3) is 0 Å². The van der Waals surface area contributed by atoms with Crippen LogP contribution in [-0.2, 0) is 25.2 Å². The van der Waals surface area contributed by atoms with Crippen LogP contribution in [0.4, 0.5) is 22.4 Å². The molecule has 1 atom stereocenters. The Balaban J connectivity index is 1.90. The van der Waals surface area contributed by atoms with E-state index in [9.17, 15) is 22.4 Å². The number of aryl methyl sites for hydroxylation is 1. The maximum Gasteiger partial charge on any atom is 0.416 e. The van der Waals surface area contributed by atoms with E-state index in [1.54, 1.807) is 7.05 Å². The summed E-state index contributed by atoms with van der Waals surface area (Å²) >= 11 is 6.01. The maximum atomic E-state index is 14.6. The molecule has 1 saturated carbocycles. The number of pyridine rings is 1. The standard InChI is InChI=1S/C23H23ClF4N6O/c1-34-20(30-13-31-34)11-22(19-7-6-16(24)12-29-19,33-21(35)32-18-4-2-3-5-18)14-8-15(23(26,27)28)10-17(25)9-14/h6-10,12-13,18H,2-5,11H2,1H3,(H2,32,33,35). The van der Waals surface area contributed by atoms with Gasteiger partial charge in [0, 0.05) is 25.7 Å². The molecule has 1 fully saturated rings. The van der Waals surface area contributed by atoms with Gasteiger partial charge in [0.25, 0.3) is 0 Å². The van der Waals surface area contributed by atoms with Gasteiger partial charge in [-0.2, -0.15) is 18.3 Å². The second-order valence-electron chi connectivity index (χ2n) is 8.55. The number of carbonyl (C=O) groups excluding carboxylic acids is 1. The Hall–Kier alpha value is -3.21. The Labute approximate surface area is 203 Å². The molecule has 2 heterocycles. The summed E-state index contributed by atoms with van der Waals surface area (Å²) in [7, 11) is 1.60. The van der Waals surface area contributed by atoms with E-state index in [1.807, 2.05) is 0 Å². The van der Waals surface area contributed by atoms with Crippen molar-refractivity contribution in [1.82, 2.24) is 30.4 Å². The number of hydrogen-bond acceptors (Lipinski definition) is 4. The lowest BCUT2D eigenvalue weighted by Gasteiger charge is -2.35. The predicted octanol–water partition coefficient (Wildman–Crippen LogP) is 4.75. The molecular weight excluding hydrogens is 488 g/mol. The normalized spacial score (nSPS) is 16.2. The third-order valence-corrected chi connectivity index (χ3v) is 6.35. The highest BCUT2D eigenvalue weighted by Gasteiger charge is 2.42. The average molecular weight is 511 g/mol. The summed E-state index contributed by atoms with van der Waals surface area (Å²) < 4.78 is 56.9. The molecule has 12 heteroatoms. The lowest BCUT2D eigenvalue weighted by Crippen LogP contribution is -2.54. The van der Waals surface area contributed by atoms with Crippen LogP contribution in [0.1, 0.15) is 48.3 Å². The molecule has 7 nitrogen and oxygen atoms in total. The Kier molecular flexibility index (Phi) is 6.98. The van der Waals surface area contributed by atoms with Gasteiger partial charge < -0.3 is 10.6 Å². The van der Waals surface area contributed by atoms with Gasteiger partial charge in [0.1, 0.15) is 23.5 Å². The molecule has 1 aliphatic rings. The van der Waals surface area contributed by atoms with Crippen LogP contribution in [0.2, 0.25) is 5.02 Å². The molecule has 1 aliphatic carbocycles. The van der Waals surface area contributed by atoms with Crippen molar-refractivity contribution in [1.29, 1.82) is 0 Å². The van der Waals surface area contributed by atoms with Gasteiger partial charge in [0.2, 0.25) is 0 Å². The summed E-state index contributed by atoms with van der Waals surface area (Å²) in [5, 5.41) is 9.99. The minimum Gasteiger partial charge on any atom is -0.335 e. The summed E-state index contributed by atoms with van der Waals surface area (Å²) in [4.78, 5) is 21.7. The molecule has 35 heavy (non-hydrogen) atoms. The first-order chi connectivity index (χ1) is 16.6. The number of benzene rings is 1. The van der Waals surface area contributed by atoms with Gasteiger partial charge in [-0.3, -0.25) is 9.67 Å². The molecule has 186 valence electrons. The van der Waals surface area contributed by atoms with E-state index in [-0.39, 0.29) is 28.7 Å². The molecule has 0 saturated heterocycles. The third kappa shape index (κ3) is 5.55. The van der Waals surface area contributed by atoms with Gasteiger partial charge in [-0.1, -0.05) is 24.4 Å². The second-order valence-corrected chi connectivity index (χ2v) is 8.99. The van der Waals surface area contributed by atoms with Crippen LogP contribution in [0.15, 0.2) is 42.9 Å². The number of aromatic nitrogens is 4. The van der Waals surface area contributed by atoms with Crippen LogP contribution < -0.4 is 10.6 Å². The van der Waals surface area contributed by atoms with E-state index < -0.39 is 29.1 Å². The molecule has 2 amide bonds. The number of rotatable bonds is 6. The van der Waals surface area contributed by atoms with Crippen LogP contribution in [-0.4, -0.2) is 31.8 Å². The Morgan fingerprint density at radius 1 is 1.14 bits per heavy atom. The Bertz CT molecular complexity index is 1190. The van der Waals surface area contributed by atoms with Crippen LogP contribution >= 0.6 is 11.6 Å². The highest BCUT2D eigenvalue weighted by atomic mass is 35.5. The highest BCUT2D eigenvalue weighted by Crippen LogP contribution is 2.37. The van der Waals surface area contributed by atoms with Crippen molar-refractivity contribution in [2.24, 2.45) is 7.05 Å². The van der Waals surface area contributed by atoms with Crippen molar-refractivity contribution >= 4 is 17.6 Å². The SMILES string of the molecule is Cn1ncnc1CC(NC(=O)NC1CCCC1)(c1cc(F)cc(C(F)(F)F)c1)c1ccc(Cl)cn1. The van der Waals surface area contributed by atoms with Gasteiger partial charge in [-0.25, -0.2) is 14.2 Å². The van der Waals surface area contributed by atoms with Crippen molar-refractivity contribution in [3.63, 3.8) is 0 Å². The summed E-state index contributed by atoms with van der Waals surface area (Å²) in [6.45, 7) is 0. The van der Waals surface area contributed by atoms with E-state index in [4.69, 9.17) is 11.6 Å². The predicted molar refractivity (Wildman–Crippen MR) is 120 cm³/mol. The van der Waals surface area contributed by atoms with Crippen molar-refractivity contribution in [2.45, 2.75) is 49.9 Å². The van der Waals surface area contributed by atoms with Crippen molar-refractivity contribution in [2.75, 3.05) is 0 Å². The number of nitrogens with zero attached hydrogens (tertiary/aromatic N) is 4. The Morgan fingerprint density at radius 3 is 2.46 bits per heavy atom. The van der Waals surface area contributed by atoms with E-state index in [0.29, 0.717) is 11.9 Å². The lowest BCUT2D eigenvalue weighted by molar-refractivity contribution is -0.137. The summed E-state index contributed by atoms with van der Waals surface area (Å²) in [6, 6.07) is 4.46. The number of halogens is 5. The first-order valence-corrected chi connectivity index (χ1v) is 11.4. The third-order valence-electron chi connectivity index (χ3n) is 6.13. The first-order valence-electron chi connectivity index (χ1n) is 11.0. The number of alkyl halides is 3. The molecule has 1 aromatic carbocycles. The molecule has 0 aliphatic heterocycles.